The van der Waals surface area contributed by atoms with Crippen LogP contribution in [0.3, 0.4) is 0 Å². The Morgan fingerprint density at radius 1 is 1.40 bits per heavy atom. The summed E-state index contributed by atoms with van der Waals surface area (Å²) in [5, 5.41) is 2.56. The number of aromatic nitrogens is 1. The van der Waals surface area contributed by atoms with Crippen molar-refractivity contribution in [2.75, 3.05) is 5.32 Å². The largest absolute Gasteiger partial charge is 0.361 e. The first-order valence-corrected chi connectivity index (χ1v) is 6.72. The van der Waals surface area contributed by atoms with Gasteiger partial charge in [0.05, 0.1) is 5.69 Å². The molecule has 1 aromatic carbocycles. The number of H-pyrrole nitrogens is 1. The summed E-state index contributed by atoms with van der Waals surface area (Å²) in [5.74, 6) is 0. The molecule has 100 valence electrons. The summed E-state index contributed by atoms with van der Waals surface area (Å²) >= 11 is 3.40. The molecule has 2 amide bonds. The molecular formula is C14H11BrN4O. The van der Waals surface area contributed by atoms with Gasteiger partial charge < -0.3 is 16.0 Å². The van der Waals surface area contributed by atoms with E-state index in [1.165, 1.54) is 0 Å². The third kappa shape index (κ3) is 2.50. The minimum atomic E-state index is -0.581. The van der Waals surface area contributed by atoms with Crippen molar-refractivity contribution in [2.45, 2.75) is 0 Å². The Kier molecular flexibility index (Phi) is 3.15. The van der Waals surface area contributed by atoms with Gasteiger partial charge in [-0.15, -0.1) is 0 Å². The molecule has 0 fully saturated rings. The van der Waals surface area contributed by atoms with Gasteiger partial charge in [0.2, 0.25) is 0 Å². The van der Waals surface area contributed by atoms with Gasteiger partial charge in [-0.2, -0.15) is 0 Å². The second kappa shape index (κ2) is 4.97. The predicted octanol–water partition coefficient (Wildman–Crippen LogP) is 3.52. The van der Waals surface area contributed by atoms with E-state index in [0.29, 0.717) is 5.69 Å². The highest BCUT2D eigenvalue weighted by atomic mass is 79.9. The molecule has 4 N–H and O–H groups in total. The highest BCUT2D eigenvalue weighted by Crippen LogP contribution is 2.34. The molecule has 0 saturated heterocycles. The Balaban J connectivity index is 1.97. The molecule has 2 aromatic rings. The molecule has 1 aliphatic rings. The quantitative estimate of drug-likeness (QED) is 0.773. The number of hydrogen-bond acceptors (Lipinski definition) is 2. The van der Waals surface area contributed by atoms with E-state index in [1.807, 2.05) is 30.5 Å². The summed E-state index contributed by atoms with van der Waals surface area (Å²) < 4.78 is 0.989. The number of urea groups is 1. The molecule has 0 radical (unpaired) electrons. The van der Waals surface area contributed by atoms with Crippen LogP contribution < -0.4 is 11.1 Å². The summed E-state index contributed by atoms with van der Waals surface area (Å²) in [5.41, 5.74) is 9.56. The van der Waals surface area contributed by atoms with E-state index in [0.717, 1.165) is 27.0 Å². The highest BCUT2D eigenvalue weighted by Gasteiger charge is 2.13. The Morgan fingerprint density at radius 2 is 2.25 bits per heavy atom. The number of hydrogen-bond donors (Lipinski definition) is 3. The normalized spacial score (nSPS) is 14.6. The number of anilines is 1. The number of aromatic amines is 1. The number of benzene rings is 1. The summed E-state index contributed by atoms with van der Waals surface area (Å²) in [6.07, 6.45) is 5.66. The molecule has 0 atom stereocenters. The zero-order chi connectivity index (χ0) is 14.1. The van der Waals surface area contributed by atoms with Crippen molar-refractivity contribution in [3.05, 3.63) is 46.2 Å². The first-order chi connectivity index (χ1) is 9.61. The number of carbonyl (C=O) groups is 1. The van der Waals surface area contributed by atoms with Crippen LogP contribution in [0.5, 0.6) is 0 Å². The number of nitrogens with two attached hydrogens (primary N) is 1. The molecule has 2 heterocycles. The van der Waals surface area contributed by atoms with E-state index in [-0.39, 0.29) is 0 Å². The van der Waals surface area contributed by atoms with E-state index in [2.05, 4.69) is 31.2 Å². The summed E-state index contributed by atoms with van der Waals surface area (Å²) in [7, 11) is 0. The van der Waals surface area contributed by atoms with Gasteiger partial charge in [-0.05, 0) is 46.3 Å². The van der Waals surface area contributed by atoms with Crippen molar-refractivity contribution >= 4 is 51.2 Å². The van der Waals surface area contributed by atoms with Gasteiger partial charge in [0.1, 0.15) is 0 Å². The van der Waals surface area contributed by atoms with Gasteiger partial charge in [0.25, 0.3) is 0 Å². The van der Waals surface area contributed by atoms with Gasteiger partial charge in [-0.3, -0.25) is 4.99 Å². The van der Waals surface area contributed by atoms with Gasteiger partial charge in [0.15, 0.2) is 0 Å². The Hall–Kier alpha value is -2.34. The number of primary amides is 1. The fourth-order valence-corrected chi connectivity index (χ4v) is 2.42. The monoisotopic (exact) mass is 330 g/mol. The molecule has 1 aliphatic heterocycles. The molecule has 0 saturated carbocycles. The van der Waals surface area contributed by atoms with Crippen molar-refractivity contribution in [3.8, 4) is 0 Å². The fraction of sp³-hybridized carbons (Fsp3) is 0. The standard InChI is InChI=1S/C14H11BrN4O/c15-9-4-11(17-7-9)3-8-6-18-13-2-1-10(5-12(8)13)19-14(16)20/h1-7,17H,(H3,16,19,20). The van der Waals surface area contributed by atoms with Crippen molar-refractivity contribution in [3.63, 3.8) is 0 Å². The van der Waals surface area contributed by atoms with Crippen LogP contribution in [-0.4, -0.2) is 17.2 Å². The third-order valence-electron chi connectivity index (χ3n) is 2.90. The number of allylic oxidation sites excluding steroid dienone is 1. The zero-order valence-corrected chi connectivity index (χ0v) is 11.9. The summed E-state index contributed by atoms with van der Waals surface area (Å²) in [6.45, 7) is 0. The lowest BCUT2D eigenvalue weighted by Gasteiger charge is -2.05. The van der Waals surface area contributed by atoms with Crippen LogP contribution in [0, 0.1) is 0 Å². The Bertz CT molecular complexity index is 745. The molecule has 1 aromatic heterocycles. The maximum absolute atomic E-state index is 10.9. The molecule has 0 aliphatic carbocycles. The van der Waals surface area contributed by atoms with Gasteiger partial charge >= 0.3 is 6.03 Å². The first-order valence-electron chi connectivity index (χ1n) is 5.92. The minimum absolute atomic E-state index is 0.581. The molecule has 5 nitrogen and oxygen atoms in total. The number of carbonyl (C=O) groups excluding carboxylic acids is 1. The number of nitrogens with zero attached hydrogens (tertiary/aromatic N) is 1. The summed E-state index contributed by atoms with van der Waals surface area (Å²) in [4.78, 5) is 18.4. The van der Waals surface area contributed by atoms with E-state index < -0.39 is 6.03 Å². The topological polar surface area (TPSA) is 83.3 Å². The van der Waals surface area contributed by atoms with Crippen LogP contribution in [0.15, 0.2) is 39.9 Å². The Morgan fingerprint density at radius 3 is 2.95 bits per heavy atom. The predicted molar refractivity (Wildman–Crippen MR) is 84.2 cm³/mol. The molecular weight excluding hydrogens is 320 g/mol. The van der Waals surface area contributed by atoms with Crippen molar-refractivity contribution < 1.29 is 4.79 Å². The minimum Gasteiger partial charge on any atom is -0.361 e. The van der Waals surface area contributed by atoms with Crippen LogP contribution in [0.25, 0.3) is 11.6 Å². The molecule has 6 heteroatoms. The first kappa shape index (κ1) is 12.7. The van der Waals surface area contributed by atoms with E-state index in [1.54, 1.807) is 12.3 Å². The number of aliphatic imine (C=N–C) groups is 1. The van der Waals surface area contributed by atoms with Gasteiger partial charge in [0, 0.05) is 39.4 Å². The second-order valence-electron chi connectivity index (χ2n) is 4.35. The van der Waals surface area contributed by atoms with Crippen molar-refractivity contribution in [1.82, 2.24) is 4.98 Å². The Labute approximate surface area is 123 Å². The molecule has 0 bridgehead atoms. The van der Waals surface area contributed by atoms with E-state index in [9.17, 15) is 4.79 Å². The van der Waals surface area contributed by atoms with Crippen molar-refractivity contribution in [1.29, 1.82) is 0 Å². The smallest absolute Gasteiger partial charge is 0.316 e. The lowest BCUT2D eigenvalue weighted by Crippen LogP contribution is -2.19. The number of fused-ring (bicyclic) bond motifs is 1. The fourth-order valence-electron chi connectivity index (χ4n) is 2.06. The number of nitrogens with one attached hydrogen (secondary N) is 2. The summed E-state index contributed by atoms with van der Waals surface area (Å²) in [6, 6.07) is 6.88. The van der Waals surface area contributed by atoms with E-state index >= 15 is 0 Å². The van der Waals surface area contributed by atoms with Crippen LogP contribution in [0.2, 0.25) is 0 Å². The second-order valence-corrected chi connectivity index (χ2v) is 5.27. The number of amides is 2. The number of halogens is 1. The number of rotatable bonds is 2. The average Bonchev–Trinajstić information content (AvgIpc) is 2.97. The van der Waals surface area contributed by atoms with Gasteiger partial charge in [-0.1, -0.05) is 0 Å². The van der Waals surface area contributed by atoms with E-state index in [4.69, 9.17) is 5.73 Å². The van der Waals surface area contributed by atoms with Crippen LogP contribution in [0.1, 0.15) is 11.3 Å². The molecule has 3 rings (SSSR count). The highest BCUT2D eigenvalue weighted by molar-refractivity contribution is 9.10. The lowest BCUT2D eigenvalue weighted by atomic mass is 10.1. The lowest BCUT2D eigenvalue weighted by molar-refractivity contribution is 0.259. The van der Waals surface area contributed by atoms with Crippen molar-refractivity contribution in [2.24, 2.45) is 10.7 Å². The van der Waals surface area contributed by atoms with Crippen LogP contribution in [0.4, 0.5) is 16.2 Å². The van der Waals surface area contributed by atoms with Crippen LogP contribution in [-0.2, 0) is 0 Å². The van der Waals surface area contributed by atoms with Gasteiger partial charge in [-0.25, -0.2) is 4.79 Å². The zero-order valence-electron chi connectivity index (χ0n) is 10.4. The average molecular weight is 331 g/mol. The maximum Gasteiger partial charge on any atom is 0.316 e. The SMILES string of the molecule is NC(=O)Nc1ccc2c(c1)C(=Cc1cc(Br)c[nH]1)C=N2. The maximum atomic E-state index is 10.9. The molecule has 20 heavy (non-hydrogen) atoms. The molecule has 0 unspecified atom stereocenters. The van der Waals surface area contributed by atoms with Crippen LogP contribution >= 0.6 is 15.9 Å². The third-order valence-corrected chi connectivity index (χ3v) is 3.36. The molecule has 0 spiro atoms.